The molecule has 1 aromatic rings. The Labute approximate surface area is 131 Å². The first-order chi connectivity index (χ1) is 10.5. The van der Waals surface area contributed by atoms with E-state index >= 15 is 0 Å². The van der Waals surface area contributed by atoms with Gasteiger partial charge in [0.05, 0.1) is 6.20 Å². The van der Waals surface area contributed by atoms with E-state index < -0.39 is 34.2 Å². The van der Waals surface area contributed by atoms with Crippen molar-refractivity contribution in [3.05, 3.63) is 12.3 Å². The van der Waals surface area contributed by atoms with Crippen LogP contribution < -0.4 is 4.72 Å². The summed E-state index contributed by atoms with van der Waals surface area (Å²) in [6, 6.07) is -1.37. The standard InChI is InChI=1S/C12H17F3N4O3S/c1-8(20)19-7-9(3-4-10(19)12(13,14)15)17-23(21,22)11-5-6-16-18(11)2/h5-6,9-10,17H,3-4,7H2,1-2H3. The van der Waals surface area contributed by atoms with Gasteiger partial charge in [-0.3, -0.25) is 9.48 Å². The maximum Gasteiger partial charge on any atom is 0.408 e. The molecule has 2 unspecified atom stereocenters. The molecule has 1 saturated heterocycles. The summed E-state index contributed by atoms with van der Waals surface area (Å²) in [7, 11) is -2.48. The highest BCUT2D eigenvalue weighted by Gasteiger charge is 2.47. The van der Waals surface area contributed by atoms with Crippen molar-refractivity contribution in [3.63, 3.8) is 0 Å². The van der Waals surface area contributed by atoms with E-state index in [0.29, 0.717) is 4.90 Å². The summed E-state index contributed by atoms with van der Waals surface area (Å²) in [5.74, 6) is -0.739. The fourth-order valence-corrected chi connectivity index (χ4v) is 4.05. The van der Waals surface area contributed by atoms with Crippen LogP contribution in [0.5, 0.6) is 0 Å². The second-order valence-corrected chi connectivity index (χ2v) is 7.08. The Bertz CT molecular complexity index is 686. The Hall–Kier alpha value is -1.62. The van der Waals surface area contributed by atoms with E-state index in [4.69, 9.17) is 0 Å². The van der Waals surface area contributed by atoms with E-state index in [1.165, 1.54) is 19.3 Å². The molecule has 0 aromatic carbocycles. The normalized spacial score (nSPS) is 23.1. The van der Waals surface area contributed by atoms with Crippen LogP contribution >= 0.6 is 0 Å². The smallest absolute Gasteiger partial charge is 0.329 e. The van der Waals surface area contributed by atoms with Crippen molar-refractivity contribution in [1.29, 1.82) is 0 Å². The summed E-state index contributed by atoms with van der Waals surface area (Å²) < 4.78 is 66.8. The van der Waals surface area contributed by atoms with Gasteiger partial charge in [0.25, 0.3) is 10.0 Å². The lowest BCUT2D eigenvalue weighted by Crippen LogP contribution is -2.57. The lowest BCUT2D eigenvalue weighted by atomic mass is 9.98. The number of rotatable bonds is 3. The zero-order valence-corrected chi connectivity index (χ0v) is 13.4. The van der Waals surface area contributed by atoms with Crippen molar-refractivity contribution in [2.24, 2.45) is 7.05 Å². The van der Waals surface area contributed by atoms with E-state index in [1.807, 2.05) is 0 Å². The molecule has 1 N–H and O–H groups in total. The van der Waals surface area contributed by atoms with Crippen LogP contribution in [0.1, 0.15) is 19.8 Å². The number of alkyl halides is 3. The second-order valence-electron chi connectivity index (χ2n) is 5.42. The van der Waals surface area contributed by atoms with Crippen LogP contribution in [0, 0.1) is 0 Å². The van der Waals surface area contributed by atoms with Gasteiger partial charge in [0.15, 0.2) is 5.03 Å². The summed E-state index contributed by atoms with van der Waals surface area (Å²) >= 11 is 0. The largest absolute Gasteiger partial charge is 0.408 e. The van der Waals surface area contributed by atoms with Crippen LogP contribution in [0.25, 0.3) is 0 Å². The molecule has 1 amide bonds. The van der Waals surface area contributed by atoms with Crippen LogP contribution in [-0.4, -0.2) is 53.8 Å². The Balaban J connectivity index is 2.15. The predicted octanol–water partition coefficient (Wildman–Crippen LogP) is 0.640. The SMILES string of the molecule is CC(=O)N1CC(NS(=O)(=O)c2ccnn2C)CCC1C(F)(F)F. The van der Waals surface area contributed by atoms with Gasteiger partial charge >= 0.3 is 6.18 Å². The number of amides is 1. The van der Waals surface area contributed by atoms with Gasteiger partial charge in [-0.05, 0) is 18.9 Å². The Morgan fingerprint density at radius 1 is 1.39 bits per heavy atom. The van der Waals surface area contributed by atoms with Gasteiger partial charge in [-0.2, -0.15) is 18.3 Å². The van der Waals surface area contributed by atoms with E-state index in [1.54, 1.807) is 0 Å². The molecule has 1 aliphatic rings. The number of nitrogens with zero attached hydrogens (tertiary/aromatic N) is 3. The van der Waals surface area contributed by atoms with E-state index in [0.717, 1.165) is 11.6 Å². The molecule has 130 valence electrons. The van der Waals surface area contributed by atoms with Crippen molar-refractivity contribution in [2.45, 2.75) is 43.1 Å². The molecule has 2 atom stereocenters. The number of sulfonamides is 1. The molecule has 2 rings (SSSR count). The van der Waals surface area contributed by atoms with Crippen LogP contribution in [-0.2, 0) is 21.9 Å². The predicted molar refractivity (Wildman–Crippen MR) is 73.8 cm³/mol. The number of aryl methyl sites for hydroxylation is 1. The molecule has 0 spiro atoms. The molecule has 1 fully saturated rings. The number of halogens is 3. The number of nitrogens with one attached hydrogen (secondary N) is 1. The molecular weight excluding hydrogens is 337 g/mol. The van der Waals surface area contributed by atoms with Crippen LogP contribution in [0.15, 0.2) is 17.3 Å². The molecule has 0 saturated carbocycles. The number of aromatic nitrogens is 2. The van der Waals surface area contributed by atoms with Crippen molar-refractivity contribution < 1.29 is 26.4 Å². The number of piperidine rings is 1. The van der Waals surface area contributed by atoms with Crippen LogP contribution in [0.3, 0.4) is 0 Å². The van der Waals surface area contributed by atoms with Gasteiger partial charge < -0.3 is 4.90 Å². The minimum atomic E-state index is -4.53. The minimum absolute atomic E-state index is 0.00889. The summed E-state index contributed by atoms with van der Waals surface area (Å²) in [5, 5.41) is 3.65. The zero-order chi connectivity index (χ0) is 17.4. The summed E-state index contributed by atoms with van der Waals surface area (Å²) in [5.41, 5.74) is 0. The van der Waals surface area contributed by atoms with Gasteiger partial charge in [-0.1, -0.05) is 0 Å². The first kappa shape index (κ1) is 17.7. The maximum absolute atomic E-state index is 12.9. The molecular formula is C12H17F3N4O3S. The number of hydrogen-bond donors (Lipinski definition) is 1. The molecule has 1 aromatic heterocycles. The fourth-order valence-electron chi connectivity index (χ4n) is 2.66. The summed E-state index contributed by atoms with van der Waals surface area (Å²) in [6.07, 6.45) is -3.58. The van der Waals surface area contributed by atoms with Crippen molar-refractivity contribution in [2.75, 3.05) is 6.54 Å². The number of hydrogen-bond acceptors (Lipinski definition) is 4. The third-order valence-electron chi connectivity index (χ3n) is 3.74. The topological polar surface area (TPSA) is 84.3 Å². The minimum Gasteiger partial charge on any atom is -0.329 e. The van der Waals surface area contributed by atoms with Crippen molar-refractivity contribution in [1.82, 2.24) is 19.4 Å². The highest BCUT2D eigenvalue weighted by atomic mass is 32.2. The molecule has 2 heterocycles. The lowest BCUT2D eigenvalue weighted by Gasteiger charge is -2.39. The third kappa shape index (κ3) is 3.83. The van der Waals surface area contributed by atoms with Gasteiger partial charge in [-0.25, -0.2) is 13.1 Å². The summed E-state index contributed by atoms with van der Waals surface area (Å²) in [6.45, 7) is 0.716. The van der Waals surface area contributed by atoms with Gasteiger partial charge in [0, 0.05) is 26.6 Å². The Morgan fingerprint density at radius 2 is 2.04 bits per heavy atom. The van der Waals surface area contributed by atoms with Gasteiger partial charge in [0.1, 0.15) is 6.04 Å². The lowest BCUT2D eigenvalue weighted by molar-refractivity contribution is -0.196. The number of carbonyl (C=O) groups is 1. The zero-order valence-electron chi connectivity index (χ0n) is 12.5. The first-order valence-electron chi connectivity index (χ1n) is 6.86. The Morgan fingerprint density at radius 3 is 2.52 bits per heavy atom. The van der Waals surface area contributed by atoms with Crippen molar-refractivity contribution in [3.8, 4) is 0 Å². The van der Waals surface area contributed by atoms with Gasteiger partial charge in [0.2, 0.25) is 5.91 Å². The molecule has 23 heavy (non-hydrogen) atoms. The molecule has 0 aliphatic carbocycles. The van der Waals surface area contributed by atoms with E-state index in [9.17, 15) is 26.4 Å². The average Bonchev–Trinajstić information content (AvgIpc) is 2.84. The molecule has 1 aliphatic heterocycles. The average molecular weight is 354 g/mol. The van der Waals surface area contributed by atoms with E-state index in [2.05, 4.69) is 9.82 Å². The van der Waals surface area contributed by atoms with Crippen LogP contribution in [0.4, 0.5) is 13.2 Å². The molecule has 7 nitrogen and oxygen atoms in total. The Kier molecular flexibility index (Phi) is 4.71. The van der Waals surface area contributed by atoms with E-state index in [-0.39, 0.29) is 24.4 Å². The highest BCUT2D eigenvalue weighted by molar-refractivity contribution is 7.89. The molecule has 11 heteroatoms. The van der Waals surface area contributed by atoms with Crippen LogP contribution in [0.2, 0.25) is 0 Å². The highest BCUT2D eigenvalue weighted by Crippen LogP contribution is 2.32. The first-order valence-corrected chi connectivity index (χ1v) is 8.35. The number of likely N-dealkylation sites (tertiary alicyclic amines) is 1. The quantitative estimate of drug-likeness (QED) is 0.863. The van der Waals surface area contributed by atoms with Gasteiger partial charge in [-0.15, -0.1) is 0 Å². The number of carbonyl (C=O) groups excluding carboxylic acids is 1. The fraction of sp³-hybridized carbons (Fsp3) is 0.667. The monoisotopic (exact) mass is 354 g/mol. The third-order valence-corrected chi connectivity index (χ3v) is 5.33. The maximum atomic E-state index is 12.9. The van der Waals surface area contributed by atoms with Crippen molar-refractivity contribution >= 4 is 15.9 Å². The summed E-state index contributed by atoms with van der Waals surface area (Å²) in [4.78, 5) is 12.2. The molecule has 0 radical (unpaired) electrons. The second kappa shape index (κ2) is 6.11. The molecule has 0 bridgehead atoms.